The zero-order chi connectivity index (χ0) is 17.5. The monoisotopic (exact) mass is 325 g/mol. The Bertz CT molecular complexity index is 668. The van der Waals surface area contributed by atoms with Crippen molar-refractivity contribution in [2.45, 2.75) is 27.2 Å². The van der Waals surface area contributed by atoms with Crippen molar-refractivity contribution in [3.63, 3.8) is 0 Å². The molecule has 2 amide bonds. The number of hydrogen-bond donors (Lipinski definition) is 2. The van der Waals surface area contributed by atoms with E-state index in [-0.39, 0.29) is 6.03 Å². The number of amides is 2. The molecule has 0 saturated heterocycles. The number of hydrogen-bond acceptors (Lipinski definition) is 2. The van der Waals surface area contributed by atoms with Crippen molar-refractivity contribution in [2.24, 2.45) is 5.92 Å². The van der Waals surface area contributed by atoms with Crippen LogP contribution in [-0.2, 0) is 0 Å². The summed E-state index contributed by atoms with van der Waals surface area (Å²) in [6.45, 7) is 7.09. The van der Waals surface area contributed by atoms with E-state index in [9.17, 15) is 4.79 Å². The lowest BCUT2D eigenvalue weighted by Crippen LogP contribution is -2.39. The van der Waals surface area contributed by atoms with Crippen molar-refractivity contribution in [2.75, 3.05) is 23.8 Å². The molecule has 4 nitrogen and oxygen atoms in total. The molecule has 0 heterocycles. The molecule has 0 radical (unpaired) electrons. The third kappa shape index (κ3) is 4.75. The Balaban J connectivity index is 2.20. The highest BCUT2D eigenvalue weighted by Crippen LogP contribution is 2.26. The maximum atomic E-state index is 12.3. The lowest BCUT2D eigenvalue weighted by Gasteiger charge is -2.25. The Kier molecular flexibility index (Phi) is 6.24. The first-order valence-corrected chi connectivity index (χ1v) is 8.43. The summed E-state index contributed by atoms with van der Waals surface area (Å²) in [7, 11) is 1.67. The minimum atomic E-state index is -0.0671. The molecule has 0 saturated carbocycles. The summed E-state index contributed by atoms with van der Waals surface area (Å²) < 4.78 is 0. The number of benzene rings is 2. The van der Waals surface area contributed by atoms with Crippen LogP contribution in [0.1, 0.15) is 25.8 Å². The van der Waals surface area contributed by atoms with E-state index >= 15 is 0 Å². The number of para-hydroxylation sites is 1. The van der Waals surface area contributed by atoms with Crippen LogP contribution in [-0.4, -0.2) is 19.6 Å². The maximum absolute atomic E-state index is 12.3. The summed E-state index contributed by atoms with van der Waals surface area (Å²) in [5.41, 5.74) is 4.09. The van der Waals surface area contributed by atoms with Gasteiger partial charge in [0.05, 0.1) is 0 Å². The number of nitrogens with one attached hydrogen (secondary N) is 2. The molecule has 0 aromatic heterocycles. The van der Waals surface area contributed by atoms with E-state index < -0.39 is 0 Å². The summed E-state index contributed by atoms with van der Waals surface area (Å²) >= 11 is 0. The van der Waals surface area contributed by atoms with Gasteiger partial charge < -0.3 is 10.6 Å². The standard InChI is InChI=1S/C20H27N3O/c1-15(2)12-13-23(20(24)21-4)19-11-10-18(14-16(19)3)22-17-8-6-5-7-9-17/h5-11,14-15,22H,12-13H2,1-4H3,(H,21,24). The smallest absolute Gasteiger partial charge is 0.321 e. The van der Waals surface area contributed by atoms with Gasteiger partial charge in [-0.05, 0) is 55.2 Å². The van der Waals surface area contributed by atoms with Gasteiger partial charge in [0, 0.05) is 30.7 Å². The third-order valence-corrected chi connectivity index (χ3v) is 3.94. The van der Waals surface area contributed by atoms with Crippen LogP contribution in [0.15, 0.2) is 48.5 Å². The van der Waals surface area contributed by atoms with Crippen molar-refractivity contribution in [1.29, 1.82) is 0 Å². The van der Waals surface area contributed by atoms with Gasteiger partial charge in [-0.25, -0.2) is 4.79 Å². The molecule has 0 fully saturated rings. The Labute approximate surface area is 144 Å². The first-order chi connectivity index (χ1) is 11.5. The molecule has 128 valence electrons. The number of anilines is 3. The Morgan fingerprint density at radius 2 is 1.79 bits per heavy atom. The summed E-state index contributed by atoms with van der Waals surface area (Å²) in [5, 5.41) is 6.13. The van der Waals surface area contributed by atoms with Crippen LogP contribution in [0, 0.1) is 12.8 Å². The van der Waals surface area contributed by atoms with Crippen LogP contribution in [0.25, 0.3) is 0 Å². The summed E-state index contributed by atoms with van der Waals surface area (Å²) in [6, 6.07) is 16.1. The number of aryl methyl sites for hydroxylation is 1. The van der Waals surface area contributed by atoms with Crippen molar-refractivity contribution in [3.8, 4) is 0 Å². The second-order valence-corrected chi connectivity index (χ2v) is 6.38. The number of carbonyl (C=O) groups is 1. The first kappa shape index (κ1) is 17.9. The highest BCUT2D eigenvalue weighted by Gasteiger charge is 2.16. The van der Waals surface area contributed by atoms with Gasteiger partial charge in [0.15, 0.2) is 0 Å². The molecule has 2 aromatic carbocycles. The van der Waals surface area contributed by atoms with Crippen LogP contribution in [0.4, 0.5) is 21.9 Å². The molecule has 2 N–H and O–H groups in total. The molecule has 0 aliphatic carbocycles. The van der Waals surface area contributed by atoms with Crippen LogP contribution < -0.4 is 15.5 Å². The zero-order valence-electron chi connectivity index (χ0n) is 15.0. The van der Waals surface area contributed by atoms with Crippen molar-refractivity contribution < 1.29 is 4.79 Å². The molecule has 0 spiro atoms. The fourth-order valence-electron chi connectivity index (χ4n) is 2.58. The summed E-state index contributed by atoms with van der Waals surface area (Å²) in [6.07, 6.45) is 0.969. The first-order valence-electron chi connectivity index (χ1n) is 8.43. The average Bonchev–Trinajstić information content (AvgIpc) is 2.57. The topological polar surface area (TPSA) is 44.4 Å². The number of nitrogens with zero attached hydrogens (tertiary/aromatic N) is 1. The van der Waals surface area contributed by atoms with Gasteiger partial charge in [-0.1, -0.05) is 32.0 Å². The fraction of sp³-hybridized carbons (Fsp3) is 0.350. The fourth-order valence-corrected chi connectivity index (χ4v) is 2.58. The van der Waals surface area contributed by atoms with Crippen LogP contribution >= 0.6 is 0 Å². The summed E-state index contributed by atoms with van der Waals surface area (Å²) in [5.74, 6) is 0.552. The highest BCUT2D eigenvalue weighted by atomic mass is 16.2. The molecule has 2 rings (SSSR count). The van der Waals surface area contributed by atoms with Crippen molar-refractivity contribution in [1.82, 2.24) is 5.32 Å². The molecule has 0 bridgehead atoms. The van der Waals surface area contributed by atoms with E-state index in [1.54, 1.807) is 7.05 Å². The second kappa shape index (κ2) is 8.39. The molecule has 0 aliphatic rings. The van der Waals surface area contributed by atoms with E-state index in [4.69, 9.17) is 0 Å². The van der Waals surface area contributed by atoms with Crippen LogP contribution in [0.2, 0.25) is 0 Å². The average molecular weight is 325 g/mol. The van der Waals surface area contributed by atoms with E-state index in [0.29, 0.717) is 12.5 Å². The normalized spacial score (nSPS) is 10.5. The Morgan fingerprint density at radius 3 is 2.38 bits per heavy atom. The molecule has 0 unspecified atom stereocenters. The van der Waals surface area contributed by atoms with E-state index in [2.05, 4.69) is 30.5 Å². The van der Waals surface area contributed by atoms with E-state index in [0.717, 1.165) is 29.0 Å². The molecule has 4 heteroatoms. The SMILES string of the molecule is CNC(=O)N(CCC(C)C)c1ccc(Nc2ccccc2)cc1C. The molecule has 2 aromatic rings. The zero-order valence-corrected chi connectivity index (χ0v) is 15.0. The van der Waals surface area contributed by atoms with Gasteiger partial charge in [-0.15, -0.1) is 0 Å². The van der Waals surface area contributed by atoms with Gasteiger partial charge in [0.2, 0.25) is 0 Å². The van der Waals surface area contributed by atoms with Crippen molar-refractivity contribution in [3.05, 3.63) is 54.1 Å². The third-order valence-electron chi connectivity index (χ3n) is 3.94. The molecule has 24 heavy (non-hydrogen) atoms. The number of rotatable bonds is 6. The van der Waals surface area contributed by atoms with Gasteiger partial charge in [0.25, 0.3) is 0 Å². The van der Waals surface area contributed by atoms with Crippen LogP contribution in [0.5, 0.6) is 0 Å². The second-order valence-electron chi connectivity index (χ2n) is 6.38. The number of urea groups is 1. The quantitative estimate of drug-likeness (QED) is 0.791. The largest absolute Gasteiger partial charge is 0.356 e. The lowest BCUT2D eigenvalue weighted by molar-refractivity contribution is 0.247. The minimum absolute atomic E-state index is 0.0671. The predicted octanol–water partition coefficient (Wildman–Crippen LogP) is 4.93. The summed E-state index contributed by atoms with van der Waals surface area (Å²) in [4.78, 5) is 14.1. The Morgan fingerprint density at radius 1 is 1.08 bits per heavy atom. The van der Waals surface area contributed by atoms with Crippen LogP contribution in [0.3, 0.4) is 0 Å². The molecule has 0 aliphatic heterocycles. The van der Waals surface area contributed by atoms with Gasteiger partial charge in [-0.2, -0.15) is 0 Å². The predicted molar refractivity (Wildman–Crippen MR) is 102 cm³/mol. The Hall–Kier alpha value is -2.49. The number of carbonyl (C=O) groups excluding carboxylic acids is 1. The molecular weight excluding hydrogens is 298 g/mol. The van der Waals surface area contributed by atoms with Gasteiger partial charge >= 0.3 is 6.03 Å². The van der Waals surface area contributed by atoms with Gasteiger partial charge in [0.1, 0.15) is 0 Å². The maximum Gasteiger partial charge on any atom is 0.321 e. The van der Waals surface area contributed by atoms with E-state index in [1.165, 1.54) is 0 Å². The lowest BCUT2D eigenvalue weighted by atomic mass is 10.1. The van der Waals surface area contributed by atoms with Gasteiger partial charge in [-0.3, -0.25) is 4.90 Å². The highest BCUT2D eigenvalue weighted by molar-refractivity contribution is 5.93. The minimum Gasteiger partial charge on any atom is -0.356 e. The van der Waals surface area contributed by atoms with E-state index in [1.807, 2.05) is 54.3 Å². The van der Waals surface area contributed by atoms with Crippen molar-refractivity contribution >= 4 is 23.1 Å². The molecule has 0 atom stereocenters. The molecular formula is C20H27N3O.